The number of hydrogen-bond donors (Lipinski definition) is 2. The van der Waals surface area contributed by atoms with Crippen LogP contribution in [0.3, 0.4) is 0 Å². The lowest BCUT2D eigenvalue weighted by Gasteiger charge is -2.21. The Kier molecular flexibility index (Phi) is 5.30. The third-order valence-electron chi connectivity index (χ3n) is 2.97. The smallest absolute Gasteiger partial charge is 0.245 e. The topological polar surface area (TPSA) is 98.5 Å². The third-order valence-corrected chi connectivity index (χ3v) is 5.12. The summed E-state index contributed by atoms with van der Waals surface area (Å²) in [6.45, 7) is 2.84. The summed E-state index contributed by atoms with van der Waals surface area (Å²) < 4.78 is 26.9. The van der Waals surface area contributed by atoms with Crippen molar-refractivity contribution in [3.63, 3.8) is 0 Å². The average Bonchev–Trinajstić information content (AvgIpc) is 2.36. The normalized spacial score (nSPS) is 11.8. The molecule has 0 saturated carbocycles. The second-order valence-corrected chi connectivity index (χ2v) is 8.11. The molecular formula is C13H18N2O4S2. The SMILES string of the molecule is CC(C)(C(=O)Nc1ccc(OCC(N)=S)cc1)S(C)(=O)=O. The molecule has 6 nitrogen and oxygen atoms in total. The van der Waals surface area contributed by atoms with E-state index in [0.29, 0.717) is 11.4 Å². The molecule has 1 amide bonds. The number of ether oxygens (including phenoxy) is 1. The van der Waals surface area contributed by atoms with Crippen LogP contribution in [0.15, 0.2) is 24.3 Å². The molecule has 1 aromatic rings. The van der Waals surface area contributed by atoms with Gasteiger partial charge in [0, 0.05) is 11.9 Å². The lowest BCUT2D eigenvalue weighted by atomic mass is 10.2. The Balaban J connectivity index is 2.76. The molecule has 0 radical (unpaired) electrons. The van der Waals surface area contributed by atoms with Gasteiger partial charge < -0.3 is 15.8 Å². The number of nitrogens with two attached hydrogens (primary N) is 1. The van der Waals surface area contributed by atoms with Gasteiger partial charge in [0.2, 0.25) is 5.91 Å². The molecule has 1 aromatic carbocycles. The van der Waals surface area contributed by atoms with Crippen molar-refractivity contribution in [3.05, 3.63) is 24.3 Å². The van der Waals surface area contributed by atoms with E-state index in [0.717, 1.165) is 6.26 Å². The fourth-order valence-corrected chi connectivity index (χ4v) is 1.69. The molecule has 0 aromatic heterocycles. The second kappa shape index (κ2) is 6.40. The maximum atomic E-state index is 12.0. The first kappa shape index (κ1) is 17.4. The van der Waals surface area contributed by atoms with Crippen LogP contribution in [0.4, 0.5) is 5.69 Å². The van der Waals surface area contributed by atoms with Gasteiger partial charge in [-0.2, -0.15) is 0 Å². The summed E-state index contributed by atoms with van der Waals surface area (Å²) in [5, 5.41) is 2.56. The van der Waals surface area contributed by atoms with Crippen molar-refractivity contribution in [3.8, 4) is 5.75 Å². The molecule has 0 aliphatic rings. The van der Waals surface area contributed by atoms with Gasteiger partial charge in [-0.05, 0) is 38.1 Å². The lowest BCUT2D eigenvalue weighted by molar-refractivity contribution is -0.117. The van der Waals surface area contributed by atoms with Crippen molar-refractivity contribution in [1.82, 2.24) is 0 Å². The first-order chi connectivity index (χ1) is 9.54. The van der Waals surface area contributed by atoms with Crippen LogP contribution in [0, 0.1) is 0 Å². The van der Waals surface area contributed by atoms with E-state index in [1.165, 1.54) is 13.8 Å². The Morgan fingerprint density at radius 2 is 1.86 bits per heavy atom. The zero-order valence-electron chi connectivity index (χ0n) is 12.0. The van der Waals surface area contributed by atoms with Gasteiger partial charge in [-0.25, -0.2) is 8.42 Å². The molecular weight excluding hydrogens is 312 g/mol. The Hall–Kier alpha value is -1.67. The Bertz CT molecular complexity index is 637. The lowest BCUT2D eigenvalue weighted by Crippen LogP contribution is -2.43. The van der Waals surface area contributed by atoms with E-state index in [4.69, 9.17) is 22.7 Å². The molecule has 116 valence electrons. The summed E-state index contributed by atoms with van der Waals surface area (Å²) in [5.41, 5.74) is 5.79. The number of benzene rings is 1. The molecule has 0 aliphatic heterocycles. The van der Waals surface area contributed by atoms with Gasteiger partial charge in [0.05, 0.1) is 0 Å². The van der Waals surface area contributed by atoms with Gasteiger partial charge in [-0.1, -0.05) is 12.2 Å². The van der Waals surface area contributed by atoms with Crippen molar-refractivity contribution < 1.29 is 17.9 Å². The van der Waals surface area contributed by atoms with Crippen LogP contribution >= 0.6 is 12.2 Å². The van der Waals surface area contributed by atoms with Gasteiger partial charge >= 0.3 is 0 Å². The number of nitrogens with one attached hydrogen (secondary N) is 1. The van der Waals surface area contributed by atoms with E-state index < -0.39 is 20.5 Å². The zero-order valence-corrected chi connectivity index (χ0v) is 13.7. The molecule has 8 heteroatoms. The molecule has 3 N–H and O–H groups in total. The maximum absolute atomic E-state index is 12.0. The van der Waals surface area contributed by atoms with Crippen molar-refractivity contribution in [2.45, 2.75) is 18.6 Å². The highest BCUT2D eigenvalue weighted by atomic mass is 32.2. The van der Waals surface area contributed by atoms with E-state index in [9.17, 15) is 13.2 Å². The van der Waals surface area contributed by atoms with Gasteiger partial charge in [-0.3, -0.25) is 4.79 Å². The summed E-state index contributed by atoms with van der Waals surface area (Å²) in [6, 6.07) is 6.46. The molecule has 21 heavy (non-hydrogen) atoms. The predicted octanol–water partition coefficient (Wildman–Crippen LogP) is 1.11. The van der Waals surface area contributed by atoms with Gasteiger partial charge in [0.15, 0.2) is 9.84 Å². The molecule has 0 heterocycles. The number of rotatable bonds is 6. The van der Waals surface area contributed by atoms with E-state index in [1.54, 1.807) is 24.3 Å². The van der Waals surface area contributed by atoms with Crippen molar-refractivity contribution in [2.24, 2.45) is 5.73 Å². The fourth-order valence-electron chi connectivity index (χ4n) is 1.24. The van der Waals surface area contributed by atoms with E-state index in [1.807, 2.05) is 0 Å². The van der Waals surface area contributed by atoms with Crippen LogP contribution < -0.4 is 15.8 Å². The molecule has 0 saturated heterocycles. The Morgan fingerprint density at radius 3 is 2.29 bits per heavy atom. The molecule has 0 fully saturated rings. The maximum Gasteiger partial charge on any atom is 0.245 e. The molecule has 1 rings (SSSR count). The van der Waals surface area contributed by atoms with Gasteiger partial charge in [-0.15, -0.1) is 0 Å². The Labute approximate surface area is 129 Å². The summed E-state index contributed by atoms with van der Waals surface area (Å²) in [5.74, 6) is -0.0509. The quantitative estimate of drug-likeness (QED) is 0.758. The molecule has 0 bridgehead atoms. The number of anilines is 1. The average molecular weight is 330 g/mol. The minimum Gasteiger partial charge on any atom is -0.487 e. The first-order valence-corrected chi connectivity index (χ1v) is 8.36. The van der Waals surface area contributed by atoms with E-state index in [-0.39, 0.29) is 11.6 Å². The van der Waals surface area contributed by atoms with Crippen molar-refractivity contribution in [1.29, 1.82) is 0 Å². The number of amides is 1. The van der Waals surface area contributed by atoms with Crippen molar-refractivity contribution in [2.75, 3.05) is 18.2 Å². The number of hydrogen-bond acceptors (Lipinski definition) is 5. The van der Waals surface area contributed by atoms with Crippen LogP contribution in [-0.4, -0.2) is 36.9 Å². The highest BCUT2D eigenvalue weighted by Crippen LogP contribution is 2.20. The highest BCUT2D eigenvalue weighted by molar-refractivity contribution is 7.92. The predicted molar refractivity (Wildman–Crippen MR) is 86.3 cm³/mol. The summed E-state index contributed by atoms with van der Waals surface area (Å²) >= 11 is 4.69. The summed E-state index contributed by atoms with van der Waals surface area (Å²) in [7, 11) is -3.51. The summed E-state index contributed by atoms with van der Waals surface area (Å²) in [6.07, 6.45) is 1.03. The van der Waals surface area contributed by atoms with E-state index >= 15 is 0 Å². The number of sulfone groups is 1. The molecule has 0 unspecified atom stereocenters. The number of carbonyl (C=O) groups excluding carboxylic acids is 1. The Morgan fingerprint density at radius 1 is 1.33 bits per heavy atom. The van der Waals surface area contributed by atoms with Gasteiger partial charge in [0.1, 0.15) is 22.1 Å². The minimum atomic E-state index is -3.51. The van der Waals surface area contributed by atoms with Crippen LogP contribution in [0.1, 0.15) is 13.8 Å². The van der Waals surface area contributed by atoms with Crippen molar-refractivity contribution >= 4 is 38.6 Å². The van der Waals surface area contributed by atoms with E-state index in [2.05, 4.69) is 5.32 Å². The molecule has 0 aliphatic carbocycles. The van der Waals surface area contributed by atoms with Crippen LogP contribution in [0.2, 0.25) is 0 Å². The first-order valence-electron chi connectivity index (χ1n) is 6.06. The van der Waals surface area contributed by atoms with Crippen LogP contribution in [-0.2, 0) is 14.6 Å². The summed E-state index contributed by atoms with van der Waals surface area (Å²) in [4.78, 5) is 12.3. The monoisotopic (exact) mass is 330 g/mol. The fraction of sp³-hybridized carbons (Fsp3) is 0.385. The number of thiocarbonyl (C=S) groups is 1. The largest absolute Gasteiger partial charge is 0.487 e. The standard InChI is InChI=1S/C13H18N2O4S2/c1-13(2,21(3,17)18)12(16)15-9-4-6-10(7-5-9)19-8-11(14)20/h4-7H,8H2,1-3H3,(H2,14,20)(H,15,16). The minimum absolute atomic E-state index is 0.127. The highest BCUT2D eigenvalue weighted by Gasteiger charge is 2.38. The second-order valence-electron chi connectivity index (χ2n) is 5.02. The molecule has 0 spiro atoms. The van der Waals surface area contributed by atoms with Crippen LogP contribution in [0.5, 0.6) is 5.75 Å². The number of carbonyl (C=O) groups is 1. The van der Waals surface area contributed by atoms with Gasteiger partial charge in [0.25, 0.3) is 0 Å². The molecule has 0 atom stereocenters. The van der Waals surface area contributed by atoms with Crippen LogP contribution in [0.25, 0.3) is 0 Å². The zero-order chi connectivity index (χ0) is 16.3. The third kappa shape index (κ3) is 4.68.